The molecular formula is C15H17N. The largest absolute Gasteiger partial charge is 0.388 e. The lowest BCUT2D eigenvalue weighted by atomic mass is 9.99. The monoisotopic (exact) mass is 211 g/mol. The third kappa shape index (κ3) is 1.94. The molecule has 16 heavy (non-hydrogen) atoms. The Morgan fingerprint density at radius 3 is 2.62 bits per heavy atom. The van der Waals surface area contributed by atoms with Crippen LogP contribution in [0, 0.1) is 0 Å². The maximum atomic E-state index is 3.99. The molecule has 0 amide bonds. The molecule has 0 atom stereocenters. The van der Waals surface area contributed by atoms with E-state index in [0.717, 1.165) is 12.0 Å². The molecule has 0 spiro atoms. The van der Waals surface area contributed by atoms with E-state index in [1.807, 2.05) is 7.05 Å². The van der Waals surface area contributed by atoms with Crippen molar-refractivity contribution in [2.75, 3.05) is 12.4 Å². The Morgan fingerprint density at radius 1 is 1.25 bits per heavy atom. The van der Waals surface area contributed by atoms with Crippen molar-refractivity contribution in [2.45, 2.75) is 13.3 Å². The normalized spacial score (nSPS) is 14.4. The molecule has 0 aliphatic heterocycles. The van der Waals surface area contributed by atoms with Crippen LogP contribution >= 0.6 is 0 Å². The number of hydrogen-bond donors (Lipinski definition) is 1. The van der Waals surface area contributed by atoms with Crippen molar-refractivity contribution in [3.05, 3.63) is 59.7 Å². The molecule has 0 unspecified atom stereocenters. The lowest BCUT2D eigenvalue weighted by molar-refractivity contribution is 1.26. The number of anilines is 1. The molecule has 1 aromatic rings. The maximum Gasteiger partial charge on any atom is 0.0414 e. The van der Waals surface area contributed by atoms with Crippen LogP contribution in [0.3, 0.4) is 0 Å². The first-order valence-corrected chi connectivity index (χ1v) is 5.55. The van der Waals surface area contributed by atoms with Crippen molar-refractivity contribution >= 4 is 11.3 Å². The quantitative estimate of drug-likeness (QED) is 0.796. The van der Waals surface area contributed by atoms with E-state index in [0.29, 0.717) is 0 Å². The second-order valence-corrected chi connectivity index (χ2v) is 4.14. The average molecular weight is 211 g/mol. The fraction of sp³-hybridized carbons (Fsp3) is 0.200. The van der Waals surface area contributed by atoms with Crippen LogP contribution in [0.4, 0.5) is 5.69 Å². The van der Waals surface area contributed by atoms with Crippen LogP contribution in [0.2, 0.25) is 0 Å². The van der Waals surface area contributed by atoms with E-state index in [4.69, 9.17) is 0 Å². The van der Waals surface area contributed by atoms with Gasteiger partial charge in [-0.05, 0) is 30.6 Å². The standard InChI is InChI=1S/C15H17N/c1-11(2)12-8-9-13(10-12)14-6-4-5-7-15(14)16-3/h4-9,16H,1,10H2,2-3H3. The van der Waals surface area contributed by atoms with Gasteiger partial charge in [0.1, 0.15) is 0 Å². The fourth-order valence-corrected chi connectivity index (χ4v) is 1.98. The lowest BCUT2D eigenvalue weighted by Crippen LogP contribution is -1.94. The summed E-state index contributed by atoms with van der Waals surface area (Å²) in [7, 11) is 1.96. The Labute approximate surface area is 97.2 Å². The summed E-state index contributed by atoms with van der Waals surface area (Å²) in [4.78, 5) is 0. The Morgan fingerprint density at radius 2 is 2.00 bits per heavy atom. The van der Waals surface area contributed by atoms with Gasteiger partial charge in [0.2, 0.25) is 0 Å². The topological polar surface area (TPSA) is 12.0 Å². The van der Waals surface area contributed by atoms with Gasteiger partial charge in [-0.25, -0.2) is 0 Å². The minimum atomic E-state index is 0.994. The van der Waals surface area contributed by atoms with E-state index >= 15 is 0 Å². The number of hydrogen-bond acceptors (Lipinski definition) is 1. The summed E-state index contributed by atoms with van der Waals surface area (Å²) in [5, 5.41) is 3.23. The number of benzene rings is 1. The highest BCUT2D eigenvalue weighted by atomic mass is 14.8. The van der Waals surface area contributed by atoms with Crippen molar-refractivity contribution in [1.29, 1.82) is 0 Å². The van der Waals surface area contributed by atoms with E-state index < -0.39 is 0 Å². The summed E-state index contributed by atoms with van der Waals surface area (Å²) in [5.41, 5.74) is 6.33. The van der Waals surface area contributed by atoms with Gasteiger partial charge < -0.3 is 5.32 Å². The van der Waals surface area contributed by atoms with Crippen molar-refractivity contribution in [2.24, 2.45) is 0 Å². The molecule has 0 saturated heterocycles. The van der Waals surface area contributed by atoms with Gasteiger partial charge in [0.05, 0.1) is 0 Å². The molecule has 1 nitrogen and oxygen atoms in total. The van der Waals surface area contributed by atoms with Gasteiger partial charge >= 0.3 is 0 Å². The molecule has 1 aliphatic rings. The van der Waals surface area contributed by atoms with Gasteiger partial charge in [0, 0.05) is 18.3 Å². The Kier molecular flexibility index (Phi) is 2.95. The highest BCUT2D eigenvalue weighted by Crippen LogP contribution is 2.34. The maximum absolute atomic E-state index is 3.99. The van der Waals surface area contributed by atoms with Crippen LogP contribution in [-0.4, -0.2) is 7.05 Å². The second-order valence-electron chi connectivity index (χ2n) is 4.14. The average Bonchev–Trinajstić information content (AvgIpc) is 2.78. The predicted octanol–water partition coefficient (Wildman–Crippen LogP) is 4.02. The summed E-state index contributed by atoms with van der Waals surface area (Å²) >= 11 is 0. The molecule has 82 valence electrons. The van der Waals surface area contributed by atoms with Gasteiger partial charge in [0.25, 0.3) is 0 Å². The lowest BCUT2D eigenvalue weighted by Gasteiger charge is -2.10. The minimum Gasteiger partial charge on any atom is -0.388 e. The van der Waals surface area contributed by atoms with Crippen LogP contribution in [0.1, 0.15) is 18.9 Å². The predicted molar refractivity (Wildman–Crippen MR) is 71.5 cm³/mol. The molecule has 0 radical (unpaired) electrons. The molecule has 1 aromatic carbocycles. The first kappa shape index (κ1) is 10.7. The minimum absolute atomic E-state index is 0.994. The van der Waals surface area contributed by atoms with E-state index in [2.05, 4.69) is 55.2 Å². The number of rotatable bonds is 3. The molecule has 0 bridgehead atoms. The first-order valence-electron chi connectivity index (χ1n) is 5.55. The second kappa shape index (κ2) is 4.40. The zero-order valence-electron chi connectivity index (χ0n) is 9.88. The molecule has 2 rings (SSSR count). The number of allylic oxidation sites excluding steroid dienone is 5. The van der Waals surface area contributed by atoms with Crippen molar-refractivity contribution < 1.29 is 0 Å². The SMILES string of the molecule is C=C(C)C1=CC=C(c2ccccc2NC)C1. The summed E-state index contributed by atoms with van der Waals surface area (Å²) < 4.78 is 0. The van der Waals surface area contributed by atoms with E-state index in [1.165, 1.54) is 22.4 Å². The molecule has 1 aliphatic carbocycles. The molecule has 0 heterocycles. The fourth-order valence-electron chi connectivity index (χ4n) is 1.98. The smallest absolute Gasteiger partial charge is 0.0414 e. The van der Waals surface area contributed by atoms with Crippen molar-refractivity contribution in [1.82, 2.24) is 0 Å². The zero-order valence-corrected chi connectivity index (χ0v) is 9.88. The molecule has 0 fully saturated rings. The summed E-state index contributed by atoms with van der Waals surface area (Å²) in [6.07, 6.45) is 5.36. The van der Waals surface area contributed by atoms with E-state index in [1.54, 1.807) is 0 Å². The van der Waals surface area contributed by atoms with Crippen LogP contribution in [0.25, 0.3) is 5.57 Å². The van der Waals surface area contributed by atoms with Crippen LogP contribution in [0.15, 0.2) is 54.1 Å². The van der Waals surface area contributed by atoms with Crippen molar-refractivity contribution in [3.63, 3.8) is 0 Å². The molecular weight excluding hydrogens is 194 g/mol. The number of para-hydroxylation sites is 1. The first-order chi connectivity index (χ1) is 7.72. The third-order valence-corrected chi connectivity index (χ3v) is 2.96. The molecule has 1 N–H and O–H groups in total. The highest BCUT2D eigenvalue weighted by molar-refractivity contribution is 5.81. The molecule has 0 saturated carbocycles. The third-order valence-electron chi connectivity index (χ3n) is 2.96. The highest BCUT2D eigenvalue weighted by Gasteiger charge is 2.12. The molecule has 1 heteroatoms. The Balaban J connectivity index is 2.26. The summed E-state index contributed by atoms with van der Waals surface area (Å²) in [6, 6.07) is 8.40. The Bertz CT molecular complexity index is 478. The van der Waals surface area contributed by atoms with Crippen LogP contribution in [-0.2, 0) is 0 Å². The van der Waals surface area contributed by atoms with Crippen LogP contribution in [0.5, 0.6) is 0 Å². The molecule has 0 aromatic heterocycles. The Hall–Kier alpha value is -1.76. The van der Waals surface area contributed by atoms with Gasteiger partial charge in [-0.1, -0.05) is 42.5 Å². The summed E-state index contributed by atoms with van der Waals surface area (Å²) in [6.45, 7) is 6.05. The number of nitrogens with one attached hydrogen (secondary N) is 1. The van der Waals surface area contributed by atoms with Gasteiger partial charge in [0.15, 0.2) is 0 Å². The van der Waals surface area contributed by atoms with E-state index in [9.17, 15) is 0 Å². The summed E-state index contributed by atoms with van der Waals surface area (Å²) in [5.74, 6) is 0. The van der Waals surface area contributed by atoms with E-state index in [-0.39, 0.29) is 0 Å². The zero-order chi connectivity index (χ0) is 11.5. The van der Waals surface area contributed by atoms with Gasteiger partial charge in [-0.2, -0.15) is 0 Å². The van der Waals surface area contributed by atoms with Gasteiger partial charge in [-0.3, -0.25) is 0 Å². The van der Waals surface area contributed by atoms with Crippen molar-refractivity contribution in [3.8, 4) is 0 Å². The van der Waals surface area contributed by atoms with Crippen LogP contribution < -0.4 is 5.32 Å². The van der Waals surface area contributed by atoms with Gasteiger partial charge in [-0.15, -0.1) is 0 Å².